The number of aromatic nitrogens is 3. The lowest BCUT2D eigenvalue weighted by Gasteiger charge is -1.94. The van der Waals surface area contributed by atoms with Crippen molar-refractivity contribution in [3.63, 3.8) is 0 Å². The minimum atomic E-state index is 0.221. The first-order valence-electron chi connectivity index (χ1n) is 4.41. The maximum absolute atomic E-state index is 8.59. The van der Waals surface area contributed by atoms with Gasteiger partial charge in [-0.1, -0.05) is 5.21 Å². The number of nitrogens with zero attached hydrogens (tertiary/aromatic N) is 3. The third kappa shape index (κ3) is 1.64. The van der Waals surface area contributed by atoms with E-state index in [2.05, 4.69) is 10.3 Å². The second kappa shape index (κ2) is 3.23. The zero-order valence-corrected chi connectivity index (χ0v) is 6.98. The summed E-state index contributed by atoms with van der Waals surface area (Å²) in [4.78, 5) is 0. The molecule has 0 saturated heterocycles. The lowest BCUT2D eigenvalue weighted by atomic mass is 10.3. The number of hydrogen-bond donors (Lipinski definition) is 1. The van der Waals surface area contributed by atoms with Gasteiger partial charge >= 0.3 is 0 Å². The monoisotopic (exact) mass is 167 g/mol. The van der Waals surface area contributed by atoms with E-state index in [-0.39, 0.29) is 6.61 Å². The van der Waals surface area contributed by atoms with Crippen molar-refractivity contribution < 1.29 is 5.11 Å². The van der Waals surface area contributed by atoms with E-state index in [4.69, 9.17) is 5.11 Å². The minimum absolute atomic E-state index is 0.221. The minimum Gasteiger partial charge on any atom is -0.396 e. The number of aryl methyl sites for hydroxylation is 1. The first-order chi connectivity index (χ1) is 5.90. The van der Waals surface area contributed by atoms with Crippen LogP contribution in [-0.4, -0.2) is 26.7 Å². The third-order valence-corrected chi connectivity index (χ3v) is 2.10. The molecule has 0 unspecified atom stereocenters. The average molecular weight is 167 g/mol. The summed E-state index contributed by atoms with van der Waals surface area (Å²) in [6, 6.07) is 0. The second-order valence-corrected chi connectivity index (χ2v) is 3.26. The van der Waals surface area contributed by atoms with Crippen LogP contribution in [0.2, 0.25) is 0 Å². The number of rotatable bonds is 4. The van der Waals surface area contributed by atoms with E-state index in [9.17, 15) is 0 Å². The van der Waals surface area contributed by atoms with Gasteiger partial charge in [-0.15, -0.1) is 5.10 Å². The van der Waals surface area contributed by atoms with Crippen LogP contribution >= 0.6 is 0 Å². The number of hydrogen-bond acceptors (Lipinski definition) is 3. The molecule has 1 saturated carbocycles. The SMILES string of the molecule is OCCCn1cc(C2CC2)nn1. The maximum Gasteiger partial charge on any atom is 0.0857 e. The lowest BCUT2D eigenvalue weighted by molar-refractivity contribution is 0.276. The Morgan fingerprint density at radius 3 is 3.08 bits per heavy atom. The molecular weight excluding hydrogens is 154 g/mol. The summed E-state index contributed by atoms with van der Waals surface area (Å²) in [6.45, 7) is 0.995. The molecule has 0 atom stereocenters. The first kappa shape index (κ1) is 7.73. The van der Waals surface area contributed by atoms with Gasteiger partial charge in [0.05, 0.1) is 5.69 Å². The zero-order valence-electron chi connectivity index (χ0n) is 6.98. The quantitative estimate of drug-likeness (QED) is 0.712. The fraction of sp³-hybridized carbons (Fsp3) is 0.750. The van der Waals surface area contributed by atoms with Gasteiger partial charge in [0.25, 0.3) is 0 Å². The van der Waals surface area contributed by atoms with Crippen LogP contribution in [0.4, 0.5) is 0 Å². The Balaban J connectivity index is 1.93. The topological polar surface area (TPSA) is 50.9 Å². The van der Waals surface area contributed by atoms with Crippen molar-refractivity contribution in [1.29, 1.82) is 0 Å². The van der Waals surface area contributed by atoms with Gasteiger partial charge in [-0.2, -0.15) is 0 Å². The second-order valence-electron chi connectivity index (χ2n) is 3.26. The van der Waals surface area contributed by atoms with E-state index in [1.54, 1.807) is 0 Å². The molecule has 0 amide bonds. The molecule has 1 aliphatic carbocycles. The summed E-state index contributed by atoms with van der Waals surface area (Å²) in [5, 5.41) is 16.6. The Labute approximate surface area is 71.2 Å². The molecule has 1 fully saturated rings. The average Bonchev–Trinajstić information content (AvgIpc) is 2.83. The molecule has 1 aromatic heterocycles. The van der Waals surface area contributed by atoms with Crippen molar-refractivity contribution in [3.8, 4) is 0 Å². The molecule has 66 valence electrons. The smallest absolute Gasteiger partial charge is 0.0857 e. The Morgan fingerprint density at radius 2 is 2.42 bits per heavy atom. The van der Waals surface area contributed by atoms with Crippen molar-refractivity contribution in [2.75, 3.05) is 6.61 Å². The lowest BCUT2D eigenvalue weighted by Crippen LogP contribution is -2.00. The van der Waals surface area contributed by atoms with Gasteiger partial charge in [-0.05, 0) is 19.3 Å². The van der Waals surface area contributed by atoms with E-state index < -0.39 is 0 Å². The molecule has 1 aromatic rings. The van der Waals surface area contributed by atoms with Gasteiger partial charge in [-0.25, -0.2) is 0 Å². The summed E-state index contributed by atoms with van der Waals surface area (Å²) >= 11 is 0. The fourth-order valence-corrected chi connectivity index (χ4v) is 1.22. The van der Waals surface area contributed by atoms with Gasteiger partial charge in [-0.3, -0.25) is 4.68 Å². The van der Waals surface area contributed by atoms with Crippen LogP contribution in [-0.2, 0) is 6.54 Å². The molecular formula is C8H13N3O. The molecule has 4 heteroatoms. The van der Waals surface area contributed by atoms with Gasteiger partial charge < -0.3 is 5.11 Å². The normalized spacial score (nSPS) is 16.8. The van der Waals surface area contributed by atoms with Crippen molar-refractivity contribution in [3.05, 3.63) is 11.9 Å². The highest BCUT2D eigenvalue weighted by Crippen LogP contribution is 2.38. The maximum atomic E-state index is 8.59. The predicted octanol–water partition coefficient (Wildman–Crippen LogP) is 0.538. The summed E-state index contributed by atoms with van der Waals surface area (Å²) in [7, 11) is 0. The molecule has 1 aliphatic rings. The highest BCUT2D eigenvalue weighted by atomic mass is 16.3. The van der Waals surface area contributed by atoms with E-state index in [1.807, 2.05) is 10.9 Å². The molecule has 2 rings (SSSR count). The largest absolute Gasteiger partial charge is 0.396 e. The molecule has 0 spiro atoms. The van der Waals surface area contributed by atoms with Gasteiger partial charge in [0.2, 0.25) is 0 Å². The molecule has 1 N–H and O–H groups in total. The number of aliphatic hydroxyl groups excluding tert-OH is 1. The highest BCUT2D eigenvalue weighted by molar-refractivity contribution is 5.08. The summed E-state index contributed by atoms with van der Waals surface area (Å²) in [5.41, 5.74) is 1.12. The van der Waals surface area contributed by atoms with Crippen molar-refractivity contribution in [2.24, 2.45) is 0 Å². The van der Waals surface area contributed by atoms with Crippen LogP contribution in [0.1, 0.15) is 30.9 Å². The van der Waals surface area contributed by atoms with Crippen LogP contribution < -0.4 is 0 Å². The van der Waals surface area contributed by atoms with E-state index in [0.717, 1.165) is 18.7 Å². The summed E-state index contributed by atoms with van der Waals surface area (Å²) in [5.74, 6) is 0.674. The molecule has 4 nitrogen and oxygen atoms in total. The van der Waals surface area contributed by atoms with Crippen LogP contribution in [0.15, 0.2) is 6.20 Å². The van der Waals surface area contributed by atoms with Crippen molar-refractivity contribution in [1.82, 2.24) is 15.0 Å². The summed E-state index contributed by atoms with van der Waals surface area (Å²) in [6.07, 6.45) is 5.28. The Hall–Kier alpha value is -0.900. The first-order valence-corrected chi connectivity index (χ1v) is 4.41. The predicted molar refractivity (Wildman–Crippen MR) is 43.7 cm³/mol. The van der Waals surface area contributed by atoms with Crippen LogP contribution in [0, 0.1) is 0 Å². The Kier molecular flexibility index (Phi) is 2.08. The molecule has 0 aromatic carbocycles. The van der Waals surface area contributed by atoms with E-state index in [0.29, 0.717) is 5.92 Å². The Bertz CT molecular complexity index is 255. The molecule has 1 heterocycles. The Morgan fingerprint density at radius 1 is 1.58 bits per heavy atom. The molecule has 12 heavy (non-hydrogen) atoms. The van der Waals surface area contributed by atoms with Crippen molar-refractivity contribution in [2.45, 2.75) is 31.7 Å². The van der Waals surface area contributed by atoms with Gasteiger partial charge in [0.15, 0.2) is 0 Å². The standard InChI is InChI=1S/C8H13N3O/c12-5-1-4-11-6-8(9-10-11)7-2-3-7/h6-7,12H,1-5H2. The number of aliphatic hydroxyl groups is 1. The summed E-state index contributed by atoms with van der Waals surface area (Å²) < 4.78 is 1.81. The van der Waals surface area contributed by atoms with Crippen LogP contribution in [0.3, 0.4) is 0 Å². The molecule has 0 aliphatic heterocycles. The highest BCUT2D eigenvalue weighted by Gasteiger charge is 2.26. The van der Waals surface area contributed by atoms with Crippen molar-refractivity contribution >= 4 is 0 Å². The van der Waals surface area contributed by atoms with Gasteiger partial charge in [0, 0.05) is 25.3 Å². The van der Waals surface area contributed by atoms with Crippen LogP contribution in [0.25, 0.3) is 0 Å². The van der Waals surface area contributed by atoms with E-state index >= 15 is 0 Å². The van der Waals surface area contributed by atoms with Crippen LogP contribution in [0.5, 0.6) is 0 Å². The molecule has 0 radical (unpaired) electrons. The fourth-order valence-electron chi connectivity index (χ4n) is 1.22. The molecule has 0 bridgehead atoms. The zero-order chi connectivity index (χ0) is 8.39. The van der Waals surface area contributed by atoms with Gasteiger partial charge in [0.1, 0.15) is 0 Å². The van der Waals surface area contributed by atoms with E-state index in [1.165, 1.54) is 12.8 Å². The third-order valence-electron chi connectivity index (χ3n) is 2.10.